The van der Waals surface area contributed by atoms with E-state index in [0.717, 1.165) is 11.1 Å². The van der Waals surface area contributed by atoms with Gasteiger partial charge in [0, 0.05) is 13.2 Å². The zero-order valence-electron chi connectivity index (χ0n) is 16.6. The smallest absolute Gasteiger partial charge is 0.287 e. The van der Waals surface area contributed by atoms with Gasteiger partial charge in [0.05, 0.1) is 13.7 Å². The summed E-state index contributed by atoms with van der Waals surface area (Å²) < 4.78 is 21.9. The summed E-state index contributed by atoms with van der Waals surface area (Å²) in [5.74, 6) is 1.79. The average molecular weight is 395 g/mol. The Morgan fingerprint density at radius 1 is 0.931 bits per heavy atom. The SMILES string of the molecule is CCOCc1ccc(CNC(=O)c2ccc(COc3ccccc3OC)o2)cc1. The highest BCUT2D eigenvalue weighted by Crippen LogP contribution is 2.26. The topological polar surface area (TPSA) is 69.9 Å². The minimum absolute atomic E-state index is 0.203. The Morgan fingerprint density at radius 2 is 1.66 bits per heavy atom. The van der Waals surface area contributed by atoms with Gasteiger partial charge in [-0.1, -0.05) is 36.4 Å². The van der Waals surface area contributed by atoms with Gasteiger partial charge < -0.3 is 23.9 Å². The molecule has 1 amide bonds. The number of benzene rings is 2. The molecule has 152 valence electrons. The molecule has 0 fully saturated rings. The van der Waals surface area contributed by atoms with Crippen molar-refractivity contribution in [2.75, 3.05) is 13.7 Å². The molecule has 1 N–H and O–H groups in total. The molecule has 6 nitrogen and oxygen atoms in total. The van der Waals surface area contributed by atoms with E-state index in [1.165, 1.54) is 0 Å². The molecule has 0 aliphatic heterocycles. The molecule has 1 aromatic heterocycles. The van der Waals surface area contributed by atoms with Crippen LogP contribution in [-0.4, -0.2) is 19.6 Å². The second kappa shape index (κ2) is 10.3. The Balaban J connectivity index is 1.50. The van der Waals surface area contributed by atoms with Crippen LogP contribution in [0, 0.1) is 0 Å². The van der Waals surface area contributed by atoms with Crippen molar-refractivity contribution in [3.05, 3.63) is 83.3 Å². The van der Waals surface area contributed by atoms with Crippen molar-refractivity contribution < 1.29 is 23.4 Å². The van der Waals surface area contributed by atoms with Gasteiger partial charge in [-0.3, -0.25) is 4.79 Å². The molecule has 29 heavy (non-hydrogen) atoms. The molecule has 0 atom stereocenters. The van der Waals surface area contributed by atoms with Crippen LogP contribution in [0.25, 0.3) is 0 Å². The van der Waals surface area contributed by atoms with Crippen LogP contribution in [0.4, 0.5) is 0 Å². The molecule has 3 rings (SSSR count). The van der Waals surface area contributed by atoms with Crippen LogP contribution >= 0.6 is 0 Å². The fraction of sp³-hybridized carbons (Fsp3) is 0.261. The van der Waals surface area contributed by atoms with Gasteiger partial charge >= 0.3 is 0 Å². The first kappa shape index (κ1) is 20.5. The summed E-state index contributed by atoms with van der Waals surface area (Å²) in [6, 6.07) is 18.7. The van der Waals surface area contributed by atoms with Crippen molar-refractivity contribution in [1.82, 2.24) is 5.32 Å². The largest absolute Gasteiger partial charge is 0.493 e. The third-order valence-corrected chi connectivity index (χ3v) is 4.27. The van der Waals surface area contributed by atoms with E-state index in [1.807, 2.05) is 55.5 Å². The Labute approximate surface area is 170 Å². The van der Waals surface area contributed by atoms with Gasteiger partial charge in [-0.15, -0.1) is 0 Å². The van der Waals surface area contributed by atoms with Crippen LogP contribution in [0.5, 0.6) is 11.5 Å². The Bertz CT molecular complexity index is 917. The molecule has 0 spiro atoms. The summed E-state index contributed by atoms with van der Waals surface area (Å²) in [6.07, 6.45) is 0. The lowest BCUT2D eigenvalue weighted by Crippen LogP contribution is -2.22. The molecule has 3 aromatic rings. The second-order valence-electron chi connectivity index (χ2n) is 6.34. The highest BCUT2D eigenvalue weighted by molar-refractivity contribution is 5.91. The lowest BCUT2D eigenvalue weighted by Gasteiger charge is -2.08. The number of hydrogen-bond donors (Lipinski definition) is 1. The molecule has 0 radical (unpaired) electrons. The van der Waals surface area contributed by atoms with Crippen molar-refractivity contribution in [3.63, 3.8) is 0 Å². The molecule has 1 heterocycles. The highest BCUT2D eigenvalue weighted by Gasteiger charge is 2.12. The quantitative estimate of drug-likeness (QED) is 0.553. The number of nitrogens with one attached hydrogen (secondary N) is 1. The van der Waals surface area contributed by atoms with E-state index in [0.29, 0.717) is 37.0 Å². The summed E-state index contributed by atoms with van der Waals surface area (Å²) in [6.45, 7) is 3.87. The summed E-state index contributed by atoms with van der Waals surface area (Å²) in [4.78, 5) is 12.3. The number of ether oxygens (including phenoxy) is 3. The molecule has 6 heteroatoms. The summed E-state index contributed by atoms with van der Waals surface area (Å²) in [5, 5.41) is 2.86. The summed E-state index contributed by atoms with van der Waals surface area (Å²) >= 11 is 0. The van der Waals surface area contributed by atoms with Crippen LogP contribution in [0.15, 0.2) is 65.1 Å². The predicted molar refractivity (Wildman–Crippen MR) is 109 cm³/mol. The first-order chi connectivity index (χ1) is 14.2. The molecule has 0 aliphatic rings. The molecule has 0 unspecified atom stereocenters. The number of carbonyl (C=O) groups is 1. The highest BCUT2D eigenvalue weighted by atomic mass is 16.5. The normalized spacial score (nSPS) is 10.6. The lowest BCUT2D eigenvalue weighted by molar-refractivity contribution is 0.0919. The minimum atomic E-state index is -0.271. The van der Waals surface area contributed by atoms with Crippen molar-refractivity contribution in [1.29, 1.82) is 0 Å². The van der Waals surface area contributed by atoms with Crippen molar-refractivity contribution in [2.24, 2.45) is 0 Å². The maximum atomic E-state index is 12.3. The van der Waals surface area contributed by atoms with Gasteiger partial charge in [0.15, 0.2) is 17.3 Å². The van der Waals surface area contributed by atoms with E-state index >= 15 is 0 Å². The van der Waals surface area contributed by atoms with Crippen LogP contribution < -0.4 is 14.8 Å². The maximum Gasteiger partial charge on any atom is 0.287 e. The third kappa shape index (κ3) is 5.86. The first-order valence-corrected chi connectivity index (χ1v) is 9.48. The molecule has 0 aliphatic carbocycles. The van der Waals surface area contributed by atoms with Crippen LogP contribution in [0.1, 0.15) is 34.4 Å². The van der Waals surface area contributed by atoms with E-state index in [9.17, 15) is 4.79 Å². The van der Waals surface area contributed by atoms with Crippen molar-refractivity contribution >= 4 is 5.91 Å². The monoisotopic (exact) mass is 395 g/mol. The van der Waals surface area contributed by atoms with Gasteiger partial charge in [-0.25, -0.2) is 0 Å². The lowest BCUT2D eigenvalue weighted by atomic mass is 10.1. The Morgan fingerprint density at radius 3 is 2.38 bits per heavy atom. The standard InChI is InChI=1S/C23H25NO5/c1-3-27-15-18-10-8-17(9-11-18)14-24-23(25)22-13-12-19(29-22)16-28-21-7-5-4-6-20(21)26-2/h4-13H,3,14-16H2,1-2H3,(H,24,25). The molecule has 0 saturated heterocycles. The van der Waals surface area contributed by atoms with Gasteiger partial charge in [0.2, 0.25) is 0 Å². The molecular formula is C23H25NO5. The van der Waals surface area contributed by atoms with Crippen molar-refractivity contribution in [3.8, 4) is 11.5 Å². The summed E-state index contributed by atoms with van der Waals surface area (Å²) in [5.41, 5.74) is 2.11. The first-order valence-electron chi connectivity index (χ1n) is 9.48. The average Bonchev–Trinajstić information content (AvgIpc) is 3.24. The number of para-hydroxylation sites is 2. The number of methoxy groups -OCH3 is 1. The van der Waals surface area contributed by atoms with Gasteiger partial charge in [-0.2, -0.15) is 0 Å². The number of amides is 1. The Hall–Kier alpha value is -3.25. The number of furan rings is 1. The third-order valence-electron chi connectivity index (χ3n) is 4.27. The maximum absolute atomic E-state index is 12.3. The van der Waals surface area contributed by atoms with Gasteiger partial charge in [0.25, 0.3) is 5.91 Å². The molecule has 0 bridgehead atoms. The zero-order chi connectivity index (χ0) is 20.5. The van der Waals surface area contributed by atoms with E-state index < -0.39 is 0 Å². The van der Waals surface area contributed by atoms with Crippen molar-refractivity contribution in [2.45, 2.75) is 26.7 Å². The molecular weight excluding hydrogens is 370 g/mol. The fourth-order valence-corrected chi connectivity index (χ4v) is 2.71. The fourth-order valence-electron chi connectivity index (χ4n) is 2.71. The summed E-state index contributed by atoms with van der Waals surface area (Å²) in [7, 11) is 1.59. The minimum Gasteiger partial charge on any atom is -0.493 e. The van der Waals surface area contributed by atoms with E-state index in [1.54, 1.807) is 19.2 Å². The van der Waals surface area contributed by atoms with E-state index in [-0.39, 0.29) is 18.3 Å². The Kier molecular flexibility index (Phi) is 7.30. The van der Waals surface area contributed by atoms with Crippen LogP contribution in [-0.2, 0) is 24.5 Å². The molecule has 2 aromatic carbocycles. The van der Waals surface area contributed by atoms with Gasteiger partial charge in [-0.05, 0) is 42.3 Å². The molecule has 0 saturated carbocycles. The zero-order valence-corrected chi connectivity index (χ0v) is 16.6. The van der Waals surface area contributed by atoms with Gasteiger partial charge in [0.1, 0.15) is 12.4 Å². The number of rotatable bonds is 10. The second-order valence-corrected chi connectivity index (χ2v) is 6.34. The number of hydrogen-bond acceptors (Lipinski definition) is 5. The predicted octanol–water partition coefficient (Wildman–Crippen LogP) is 4.33. The van der Waals surface area contributed by atoms with Crippen LogP contribution in [0.3, 0.4) is 0 Å². The van der Waals surface area contributed by atoms with Crippen LogP contribution in [0.2, 0.25) is 0 Å². The van der Waals surface area contributed by atoms with E-state index in [2.05, 4.69) is 5.32 Å². The van der Waals surface area contributed by atoms with E-state index in [4.69, 9.17) is 18.6 Å². The number of carbonyl (C=O) groups excluding carboxylic acids is 1.